The number of hydrogen-bond acceptors (Lipinski definition) is 4. The monoisotopic (exact) mass is 256 g/mol. The molecule has 0 amide bonds. The largest absolute Gasteiger partial charge is 0.444 e. The summed E-state index contributed by atoms with van der Waals surface area (Å²) in [5.41, 5.74) is 3.44. The number of hydrogen-bond donors (Lipinski definition) is 1. The van der Waals surface area contributed by atoms with Gasteiger partial charge in [0.1, 0.15) is 0 Å². The van der Waals surface area contributed by atoms with Gasteiger partial charge in [-0.2, -0.15) is 11.3 Å². The highest BCUT2D eigenvalue weighted by molar-refractivity contribution is 7.07. The van der Waals surface area contributed by atoms with Crippen LogP contribution in [0, 0.1) is 0 Å². The van der Waals surface area contributed by atoms with Gasteiger partial charge in [-0.05, 0) is 46.7 Å². The fourth-order valence-corrected chi connectivity index (χ4v) is 2.38. The first kappa shape index (κ1) is 11.0. The van der Waals surface area contributed by atoms with Crippen LogP contribution in [-0.2, 0) is 6.54 Å². The van der Waals surface area contributed by atoms with Crippen molar-refractivity contribution >= 4 is 17.0 Å². The van der Waals surface area contributed by atoms with Gasteiger partial charge in [-0.25, -0.2) is 4.98 Å². The number of oxazole rings is 1. The van der Waals surface area contributed by atoms with Crippen LogP contribution in [0.25, 0.3) is 11.3 Å². The van der Waals surface area contributed by atoms with E-state index in [1.807, 2.05) is 24.3 Å². The van der Waals surface area contributed by atoms with Crippen LogP contribution in [-0.4, -0.2) is 4.98 Å². The Morgan fingerprint density at radius 3 is 2.72 bits per heavy atom. The van der Waals surface area contributed by atoms with Gasteiger partial charge < -0.3 is 9.73 Å². The molecular formula is C14H12N2OS. The smallest absolute Gasteiger partial charge is 0.181 e. The van der Waals surface area contributed by atoms with E-state index in [0.717, 1.165) is 23.6 Å². The molecule has 4 heteroatoms. The van der Waals surface area contributed by atoms with E-state index in [9.17, 15) is 0 Å². The predicted octanol–water partition coefficient (Wildman–Crippen LogP) is 4.02. The van der Waals surface area contributed by atoms with Crippen molar-refractivity contribution < 1.29 is 4.42 Å². The summed E-state index contributed by atoms with van der Waals surface area (Å²) in [6.45, 7) is 0.852. The Balaban J connectivity index is 1.68. The zero-order chi connectivity index (χ0) is 12.2. The third-order valence-electron chi connectivity index (χ3n) is 2.68. The van der Waals surface area contributed by atoms with Crippen molar-refractivity contribution in [2.75, 3.05) is 5.32 Å². The van der Waals surface area contributed by atoms with E-state index in [1.165, 1.54) is 12.0 Å². The number of thiophene rings is 1. The molecule has 0 saturated heterocycles. The molecule has 2 heterocycles. The normalized spacial score (nSPS) is 10.4. The van der Waals surface area contributed by atoms with E-state index in [4.69, 9.17) is 4.42 Å². The van der Waals surface area contributed by atoms with Crippen molar-refractivity contribution in [2.24, 2.45) is 0 Å². The maximum atomic E-state index is 5.25. The summed E-state index contributed by atoms with van der Waals surface area (Å²) in [5.74, 6) is 0.791. The molecule has 1 N–H and O–H groups in total. The Labute approximate surface area is 109 Å². The standard InChI is InChI=1S/C14H12N2OS/c1-3-13(16-7-11-5-6-18-9-11)4-2-12(1)14-8-15-10-17-14/h1-6,8-10,16H,7H2. The Morgan fingerprint density at radius 1 is 1.17 bits per heavy atom. The second-order valence-electron chi connectivity index (χ2n) is 3.93. The van der Waals surface area contributed by atoms with Gasteiger partial charge in [0.05, 0.1) is 6.20 Å². The molecule has 3 aromatic rings. The first-order chi connectivity index (χ1) is 8.92. The third-order valence-corrected chi connectivity index (χ3v) is 3.41. The number of nitrogens with zero attached hydrogens (tertiary/aromatic N) is 1. The number of nitrogens with one attached hydrogen (secondary N) is 1. The van der Waals surface area contributed by atoms with Crippen LogP contribution in [0.15, 0.2) is 58.1 Å². The quantitative estimate of drug-likeness (QED) is 0.766. The average Bonchev–Trinajstić information content (AvgIpc) is 3.10. The van der Waals surface area contributed by atoms with E-state index in [1.54, 1.807) is 17.5 Å². The molecule has 3 nitrogen and oxygen atoms in total. The van der Waals surface area contributed by atoms with Gasteiger partial charge in [-0.15, -0.1) is 0 Å². The highest BCUT2D eigenvalue weighted by atomic mass is 32.1. The van der Waals surface area contributed by atoms with Crippen LogP contribution in [0.2, 0.25) is 0 Å². The summed E-state index contributed by atoms with van der Waals surface area (Å²) in [5, 5.41) is 7.62. The van der Waals surface area contributed by atoms with Crippen molar-refractivity contribution in [3.8, 4) is 11.3 Å². The van der Waals surface area contributed by atoms with E-state index in [2.05, 4.69) is 27.1 Å². The maximum absolute atomic E-state index is 5.25. The van der Waals surface area contributed by atoms with Crippen molar-refractivity contribution in [1.29, 1.82) is 0 Å². The second kappa shape index (κ2) is 5.06. The maximum Gasteiger partial charge on any atom is 0.181 e. The van der Waals surface area contributed by atoms with Crippen LogP contribution in [0.4, 0.5) is 5.69 Å². The molecule has 0 atom stereocenters. The Kier molecular flexibility index (Phi) is 3.10. The highest BCUT2D eigenvalue weighted by Gasteiger charge is 2.01. The van der Waals surface area contributed by atoms with E-state index in [-0.39, 0.29) is 0 Å². The van der Waals surface area contributed by atoms with Crippen LogP contribution in [0.5, 0.6) is 0 Å². The summed E-state index contributed by atoms with van der Waals surface area (Å²) in [6, 6.07) is 10.3. The van der Waals surface area contributed by atoms with Crippen LogP contribution < -0.4 is 5.32 Å². The first-order valence-corrected chi connectivity index (χ1v) is 6.60. The lowest BCUT2D eigenvalue weighted by Gasteiger charge is -2.05. The Hall–Kier alpha value is -2.07. The van der Waals surface area contributed by atoms with Gasteiger partial charge in [0.2, 0.25) is 0 Å². The zero-order valence-electron chi connectivity index (χ0n) is 9.67. The fraction of sp³-hybridized carbons (Fsp3) is 0.0714. The van der Waals surface area contributed by atoms with Crippen molar-refractivity contribution in [3.63, 3.8) is 0 Å². The number of rotatable bonds is 4. The van der Waals surface area contributed by atoms with Crippen molar-refractivity contribution in [3.05, 3.63) is 59.2 Å². The van der Waals surface area contributed by atoms with E-state index in [0.29, 0.717) is 0 Å². The lowest BCUT2D eigenvalue weighted by atomic mass is 10.1. The minimum absolute atomic E-state index is 0.791. The van der Waals surface area contributed by atoms with Crippen LogP contribution >= 0.6 is 11.3 Å². The summed E-state index contributed by atoms with van der Waals surface area (Å²) in [6.07, 6.45) is 3.16. The van der Waals surface area contributed by atoms with Crippen molar-refractivity contribution in [1.82, 2.24) is 4.98 Å². The number of aromatic nitrogens is 1. The molecule has 0 aliphatic heterocycles. The highest BCUT2D eigenvalue weighted by Crippen LogP contribution is 2.21. The van der Waals surface area contributed by atoms with Gasteiger partial charge in [0.25, 0.3) is 0 Å². The minimum Gasteiger partial charge on any atom is -0.444 e. The molecule has 0 saturated carbocycles. The fourth-order valence-electron chi connectivity index (χ4n) is 1.71. The minimum atomic E-state index is 0.791. The molecule has 0 spiro atoms. The molecular weight excluding hydrogens is 244 g/mol. The molecule has 0 aliphatic carbocycles. The molecule has 0 bridgehead atoms. The molecule has 0 radical (unpaired) electrons. The summed E-state index contributed by atoms with van der Waals surface area (Å²) >= 11 is 1.72. The Morgan fingerprint density at radius 2 is 2.06 bits per heavy atom. The first-order valence-electron chi connectivity index (χ1n) is 5.66. The summed E-state index contributed by atoms with van der Waals surface area (Å²) < 4.78 is 5.25. The van der Waals surface area contributed by atoms with Crippen LogP contribution in [0.1, 0.15) is 5.56 Å². The van der Waals surface area contributed by atoms with E-state index >= 15 is 0 Å². The summed E-state index contributed by atoms with van der Waals surface area (Å²) in [4.78, 5) is 3.91. The molecule has 3 rings (SSSR count). The Bertz CT molecular complexity index is 585. The van der Waals surface area contributed by atoms with Gasteiger partial charge in [-0.1, -0.05) is 0 Å². The molecule has 18 heavy (non-hydrogen) atoms. The molecule has 0 fully saturated rings. The molecule has 0 unspecified atom stereocenters. The molecule has 0 aliphatic rings. The predicted molar refractivity (Wildman–Crippen MR) is 73.6 cm³/mol. The van der Waals surface area contributed by atoms with Crippen LogP contribution in [0.3, 0.4) is 0 Å². The van der Waals surface area contributed by atoms with Crippen molar-refractivity contribution in [2.45, 2.75) is 6.54 Å². The lowest BCUT2D eigenvalue weighted by Crippen LogP contribution is -1.97. The zero-order valence-corrected chi connectivity index (χ0v) is 10.5. The third kappa shape index (κ3) is 2.43. The van der Waals surface area contributed by atoms with E-state index < -0.39 is 0 Å². The SMILES string of the molecule is c1ncc(-c2ccc(NCc3ccsc3)cc2)o1. The number of benzene rings is 1. The van der Waals surface area contributed by atoms with Gasteiger partial charge in [-0.3, -0.25) is 0 Å². The lowest BCUT2D eigenvalue weighted by molar-refractivity contribution is 0.572. The molecule has 1 aromatic carbocycles. The van der Waals surface area contributed by atoms with Gasteiger partial charge in [0, 0.05) is 17.8 Å². The van der Waals surface area contributed by atoms with Gasteiger partial charge >= 0.3 is 0 Å². The van der Waals surface area contributed by atoms with Gasteiger partial charge in [0.15, 0.2) is 12.2 Å². The topological polar surface area (TPSA) is 38.1 Å². The second-order valence-corrected chi connectivity index (χ2v) is 4.71. The molecule has 2 aromatic heterocycles. The average molecular weight is 256 g/mol. The summed E-state index contributed by atoms with van der Waals surface area (Å²) in [7, 11) is 0. The molecule has 90 valence electrons. The number of anilines is 1.